The maximum atomic E-state index is 10.8. The van der Waals surface area contributed by atoms with Gasteiger partial charge in [-0.05, 0) is 19.2 Å². The summed E-state index contributed by atoms with van der Waals surface area (Å²) in [4.78, 5) is 21.1. The summed E-state index contributed by atoms with van der Waals surface area (Å²) in [5, 5.41) is 2.68. The molecule has 1 aliphatic rings. The molecule has 0 aliphatic carbocycles. The van der Waals surface area contributed by atoms with Crippen molar-refractivity contribution in [2.45, 2.75) is 12.5 Å². The van der Waals surface area contributed by atoms with Gasteiger partial charge in [-0.2, -0.15) is 0 Å². The van der Waals surface area contributed by atoms with Crippen LogP contribution in [0.4, 0.5) is 0 Å². The van der Waals surface area contributed by atoms with Crippen LogP contribution in [0.3, 0.4) is 0 Å². The summed E-state index contributed by atoms with van der Waals surface area (Å²) >= 11 is 0. The average Bonchev–Trinajstić information content (AvgIpc) is 2.32. The Morgan fingerprint density at radius 2 is 2.33 bits per heavy atom. The molecule has 5 N–H and O–H groups in total. The number of amides is 1. The predicted molar refractivity (Wildman–Crippen MR) is 42.7 cm³/mol. The zero-order chi connectivity index (χ0) is 8.48. The van der Waals surface area contributed by atoms with E-state index in [1.165, 1.54) is 19.2 Å². The molecule has 1 unspecified atom stereocenters. The second-order valence-corrected chi connectivity index (χ2v) is 2.48. The Bertz CT molecular complexity index is 278. The Kier molecular flexibility index (Phi) is 2.79. The van der Waals surface area contributed by atoms with E-state index in [1.54, 1.807) is 5.94 Å². The topological polar surface area (TPSA) is 104 Å². The third-order valence-electron chi connectivity index (χ3n) is 1.76. The van der Waals surface area contributed by atoms with Gasteiger partial charge in [-0.1, -0.05) is 0 Å². The first-order chi connectivity index (χ1) is 5.11. The highest BCUT2D eigenvalue weighted by molar-refractivity contribution is 5.93. The van der Waals surface area contributed by atoms with Crippen molar-refractivity contribution in [1.82, 2.24) is 5.32 Å². The number of nitrogens with two attached hydrogens (primary N) is 1. The van der Waals surface area contributed by atoms with Crippen LogP contribution in [0.2, 0.25) is 0 Å². The fourth-order valence-corrected chi connectivity index (χ4v) is 0.876. The highest BCUT2D eigenvalue weighted by Crippen LogP contribution is 2.19. The largest absolute Gasteiger partial charge is 0.412 e. The molecule has 1 heterocycles. The lowest BCUT2D eigenvalue weighted by Gasteiger charge is -2.19. The maximum absolute atomic E-state index is 10.8. The molecular weight excluding hydrogens is 160 g/mol. The van der Waals surface area contributed by atoms with E-state index in [1.807, 2.05) is 0 Å². The first-order valence-corrected chi connectivity index (χ1v) is 3.11. The summed E-state index contributed by atoms with van der Waals surface area (Å²) < 4.78 is 0. The lowest BCUT2D eigenvalue weighted by atomic mass is 9.95. The van der Waals surface area contributed by atoms with E-state index in [4.69, 9.17) is 5.73 Å². The summed E-state index contributed by atoms with van der Waals surface area (Å²) in [5.41, 5.74) is 4.23. The molecule has 66 valence electrons. The van der Waals surface area contributed by atoms with E-state index in [0.717, 1.165) is 0 Å². The first-order valence-electron chi connectivity index (χ1n) is 3.11. The summed E-state index contributed by atoms with van der Waals surface area (Å²) in [6, 6.07) is 0. The van der Waals surface area contributed by atoms with Crippen LogP contribution in [0.15, 0.2) is 17.8 Å². The van der Waals surface area contributed by atoms with Crippen molar-refractivity contribution in [1.29, 1.82) is 0 Å². The highest BCUT2D eigenvalue weighted by Gasteiger charge is 2.37. The summed E-state index contributed by atoms with van der Waals surface area (Å²) in [6.45, 7) is 1.54. The van der Waals surface area contributed by atoms with Crippen molar-refractivity contribution in [3.63, 3.8) is 0 Å². The minimum absolute atomic E-state index is 0. The average molecular weight is 170 g/mol. The second kappa shape index (κ2) is 3.21. The fourth-order valence-electron chi connectivity index (χ4n) is 0.876. The molecule has 1 aliphatic heterocycles. The zero-order valence-electron chi connectivity index (χ0n) is 6.55. The van der Waals surface area contributed by atoms with Gasteiger partial charge in [0.25, 0.3) is 0 Å². The van der Waals surface area contributed by atoms with Crippen LogP contribution in [-0.2, 0) is 9.59 Å². The van der Waals surface area contributed by atoms with E-state index in [-0.39, 0.29) is 11.0 Å². The van der Waals surface area contributed by atoms with Gasteiger partial charge in [-0.3, -0.25) is 4.79 Å². The van der Waals surface area contributed by atoms with Crippen molar-refractivity contribution in [2.75, 3.05) is 0 Å². The van der Waals surface area contributed by atoms with Crippen LogP contribution in [0.25, 0.3) is 0 Å². The van der Waals surface area contributed by atoms with Gasteiger partial charge in [-0.25, -0.2) is 4.79 Å². The third kappa shape index (κ3) is 1.23. The second-order valence-electron chi connectivity index (χ2n) is 2.48. The van der Waals surface area contributed by atoms with Gasteiger partial charge < -0.3 is 16.5 Å². The van der Waals surface area contributed by atoms with E-state index < -0.39 is 11.4 Å². The summed E-state index contributed by atoms with van der Waals surface area (Å²) in [6.07, 6.45) is 2.99. The minimum Gasteiger partial charge on any atom is -0.412 e. The van der Waals surface area contributed by atoms with Crippen molar-refractivity contribution in [3.8, 4) is 0 Å². The molecule has 1 atom stereocenters. The molecule has 0 radical (unpaired) electrons. The van der Waals surface area contributed by atoms with Gasteiger partial charge in [0.05, 0.1) is 5.57 Å². The minimum atomic E-state index is -1.07. The van der Waals surface area contributed by atoms with Gasteiger partial charge >= 0.3 is 0 Å². The van der Waals surface area contributed by atoms with Gasteiger partial charge in [-0.15, -0.1) is 0 Å². The van der Waals surface area contributed by atoms with Gasteiger partial charge in [0.2, 0.25) is 5.91 Å². The molecule has 0 aromatic carbocycles. The molecule has 5 nitrogen and oxygen atoms in total. The monoisotopic (exact) mass is 170 g/mol. The van der Waals surface area contributed by atoms with Crippen LogP contribution in [0, 0.1) is 0 Å². The summed E-state index contributed by atoms with van der Waals surface area (Å²) in [5.74, 6) is 1.07. The lowest BCUT2D eigenvalue weighted by molar-refractivity contribution is -0.121. The normalized spacial score (nSPS) is 25.6. The number of carbonyl (C=O) groups excluding carboxylic acids is 2. The smallest absolute Gasteiger partial charge is 0.248 e. The maximum Gasteiger partial charge on any atom is 0.248 e. The molecule has 0 saturated carbocycles. The standard InChI is InChI=1S/C7H8N2O2.H2O/c1-7(6(8)11)5(4-10)2-3-9-7;/h2-3,9H,1H3,(H2,8,11);1H2. The molecular formula is C7H10N2O3. The highest BCUT2D eigenvalue weighted by atomic mass is 16.1. The Morgan fingerprint density at radius 1 is 1.75 bits per heavy atom. The van der Waals surface area contributed by atoms with Gasteiger partial charge in [0.15, 0.2) is 0 Å². The number of hydrogen-bond acceptors (Lipinski definition) is 3. The van der Waals surface area contributed by atoms with Crippen LogP contribution in [0.5, 0.6) is 0 Å². The van der Waals surface area contributed by atoms with Crippen molar-refractivity contribution < 1.29 is 15.1 Å². The number of primary amides is 1. The fraction of sp³-hybridized carbons (Fsp3) is 0.286. The molecule has 0 aromatic rings. The first kappa shape index (κ1) is 10.4. The number of rotatable bonds is 1. The van der Waals surface area contributed by atoms with Crippen molar-refractivity contribution in [3.05, 3.63) is 17.8 Å². The Morgan fingerprint density at radius 3 is 2.67 bits per heavy atom. The van der Waals surface area contributed by atoms with Crippen LogP contribution < -0.4 is 11.1 Å². The molecule has 12 heavy (non-hydrogen) atoms. The van der Waals surface area contributed by atoms with E-state index in [9.17, 15) is 9.59 Å². The predicted octanol–water partition coefficient (Wildman–Crippen LogP) is -1.72. The molecule has 5 heteroatoms. The quantitative estimate of drug-likeness (QED) is 0.457. The molecule has 1 amide bonds. The van der Waals surface area contributed by atoms with E-state index in [0.29, 0.717) is 0 Å². The number of carbonyl (C=O) groups is 1. The number of nitrogens with one attached hydrogen (secondary N) is 1. The SMILES string of the molecule is CC1(C(N)=O)NC=CC1=C=O.O. The van der Waals surface area contributed by atoms with Crippen LogP contribution >= 0.6 is 0 Å². The number of hydrogen-bond donors (Lipinski definition) is 2. The molecule has 0 fully saturated rings. The van der Waals surface area contributed by atoms with Gasteiger partial charge in [0, 0.05) is 0 Å². The molecule has 0 saturated heterocycles. The van der Waals surface area contributed by atoms with Crippen LogP contribution in [0.1, 0.15) is 6.92 Å². The Balaban J connectivity index is 0.00000121. The molecule has 1 rings (SSSR count). The van der Waals surface area contributed by atoms with Gasteiger partial charge in [0.1, 0.15) is 11.5 Å². The van der Waals surface area contributed by atoms with Crippen LogP contribution in [-0.4, -0.2) is 22.9 Å². The van der Waals surface area contributed by atoms with E-state index >= 15 is 0 Å². The molecule has 0 aromatic heterocycles. The zero-order valence-corrected chi connectivity index (χ0v) is 6.55. The van der Waals surface area contributed by atoms with E-state index in [2.05, 4.69) is 5.32 Å². The third-order valence-corrected chi connectivity index (χ3v) is 1.76. The molecule has 0 spiro atoms. The Hall–Kier alpha value is -1.58. The lowest BCUT2D eigenvalue weighted by Crippen LogP contribution is -2.49. The van der Waals surface area contributed by atoms with Crippen molar-refractivity contribution in [2.24, 2.45) is 5.73 Å². The molecule has 0 bridgehead atoms. The van der Waals surface area contributed by atoms with Crippen molar-refractivity contribution >= 4 is 11.8 Å². The Labute approximate surface area is 69.2 Å². The summed E-state index contributed by atoms with van der Waals surface area (Å²) in [7, 11) is 0.